The summed E-state index contributed by atoms with van der Waals surface area (Å²) in [6, 6.07) is 21.6. The quantitative estimate of drug-likeness (QED) is 0.146. The molecule has 4 rings (SSSR count). The van der Waals surface area contributed by atoms with E-state index < -0.39 is 11.6 Å². The van der Waals surface area contributed by atoms with Crippen molar-refractivity contribution < 1.29 is 19.4 Å². The number of nitrogens with zero attached hydrogens (tertiary/aromatic N) is 4. The van der Waals surface area contributed by atoms with Crippen molar-refractivity contribution in [1.82, 2.24) is 5.32 Å². The van der Waals surface area contributed by atoms with E-state index in [-0.39, 0.29) is 25.5 Å². The summed E-state index contributed by atoms with van der Waals surface area (Å²) in [4.78, 5) is 21.6. The van der Waals surface area contributed by atoms with Gasteiger partial charge in [-0.15, -0.1) is 0 Å². The summed E-state index contributed by atoms with van der Waals surface area (Å²) in [6.45, 7) is 2.53. The highest BCUT2D eigenvalue weighted by atomic mass is 35.5. The number of azide groups is 1. The molecule has 2 N–H and O–H groups in total. The van der Waals surface area contributed by atoms with Gasteiger partial charge in [0.1, 0.15) is 11.9 Å². The molecule has 0 spiro atoms. The van der Waals surface area contributed by atoms with E-state index in [0.717, 1.165) is 5.56 Å². The molecule has 0 aliphatic carbocycles. The van der Waals surface area contributed by atoms with Crippen molar-refractivity contribution in [3.05, 3.63) is 105 Å². The maximum absolute atomic E-state index is 13.8. The Morgan fingerprint density at radius 1 is 1.21 bits per heavy atom. The molecule has 0 saturated heterocycles. The first kappa shape index (κ1) is 27.0. The van der Waals surface area contributed by atoms with Crippen LogP contribution in [0.5, 0.6) is 5.75 Å². The number of hydrogen-bond acceptors (Lipinski definition) is 6. The van der Waals surface area contributed by atoms with Gasteiger partial charge in [-0.3, -0.25) is 4.79 Å². The highest BCUT2D eigenvalue weighted by molar-refractivity contribution is 6.30. The normalized spacial score (nSPS) is 18.2. The zero-order valence-electron chi connectivity index (χ0n) is 20.9. The third-order valence-electron chi connectivity index (χ3n) is 6.27. The Morgan fingerprint density at radius 2 is 2.00 bits per heavy atom. The van der Waals surface area contributed by atoms with Gasteiger partial charge >= 0.3 is 0 Å². The van der Waals surface area contributed by atoms with E-state index in [4.69, 9.17) is 36.7 Å². The summed E-state index contributed by atoms with van der Waals surface area (Å²) in [6.07, 6.45) is 0.0898. The molecule has 1 aliphatic rings. The molecule has 196 valence electrons. The average molecular weight is 534 g/mol. The van der Waals surface area contributed by atoms with Crippen LogP contribution >= 0.6 is 11.6 Å². The Kier molecular flexibility index (Phi) is 8.86. The van der Waals surface area contributed by atoms with Crippen LogP contribution in [0.4, 0.5) is 5.69 Å². The first-order valence-corrected chi connectivity index (χ1v) is 12.6. The number of aliphatic hydroxyl groups excluding tert-OH is 1. The van der Waals surface area contributed by atoms with Gasteiger partial charge in [0.2, 0.25) is 5.90 Å². The van der Waals surface area contributed by atoms with Crippen molar-refractivity contribution in [2.45, 2.75) is 38.0 Å². The lowest BCUT2D eigenvalue weighted by molar-refractivity contribution is -0.128. The van der Waals surface area contributed by atoms with Crippen molar-refractivity contribution >= 4 is 29.1 Å². The van der Waals surface area contributed by atoms with Crippen LogP contribution in [0.1, 0.15) is 30.0 Å². The van der Waals surface area contributed by atoms with Gasteiger partial charge in [-0.1, -0.05) is 53.1 Å². The van der Waals surface area contributed by atoms with Crippen LogP contribution in [0.3, 0.4) is 0 Å². The lowest BCUT2D eigenvalue weighted by Gasteiger charge is -2.28. The molecule has 9 nitrogen and oxygen atoms in total. The zero-order chi connectivity index (χ0) is 27.0. The lowest BCUT2D eigenvalue weighted by Crippen LogP contribution is -2.52. The highest BCUT2D eigenvalue weighted by Gasteiger charge is 2.50. The maximum atomic E-state index is 13.8. The monoisotopic (exact) mass is 533 g/mol. The number of amides is 1. The molecule has 2 atom stereocenters. The second-order valence-electron chi connectivity index (χ2n) is 8.86. The van der Waals surface area contributed by atoms with Gasteiger partial charge in [0.25, 0.3) is 5.91 Å². The van der Waals surface area contributed by atoms with Crippen LogP contribution in [0.15, 0.2) is 82.9 Å². The smallest absolute Gasteiger partial charge is 0.252 e. The number of ether oxygens (including phenoxy) is 2. The van der Waals surface area contributed by atoms with E-state index in [9.17, 15) is 4.79 Å². The third kappa shape index (κ3) is 6.26. The van der Waals surface area contributed by atoms with Crippen molar-refractivity contribution in [1.29, 1.82) is 0 Å². The summed E-state index contributed by atoms with van der Waals surface area (Å²) in [5.41, 5.74) is 10.4. The molecule has 0 fully saturated rings. The number of aliphatic hydroxyl groups is 1. The number of nitrogens with one attached hydrogen (secondary N) is 1. The van der Waals surface area contributed by atoms with Gasteiger partial charge in [0.05, 0.1) is 6.61 Å². The van der Waals surface area contributed by atoms with E-state index >= 15 is 0 Å². The molecule has 0 radical (unpaired) electrons. The molecule has 3 aromatic carbocycles. The predicted octanol–water partition coefficient (Wildman–Crippen LogP) is 5.51. The molecule has 1 aliphatic heterocycles. The Morgan fingerprint density at radius 3 is 2.74 bits per heavy atom. The fourth-order valence-corrected chi connectivity index (χ4v) is 4.43. The van der Waals surface area contributed by atoms with Crippen LogP contribution in [-0.4, -0.2) is 41.8 Å². The SMILES string of the molecule is C[C@H]1OC(c2ccc(OCCCO)cc2)=N[C@@]1(Cc1ccccc1N=[N+]=[N-])C(=O)NCc1cccc(Cl)c1. The molecule has 0 aromatic heterocycles. The summed E-state index contributed by atoms with van der Waals surface area (Å²) in [5.74, 6) is 0.668. The van der Waals surface area contributed by atoms with Crippen LogP contribution in [0.2, 0.25) is 5.02 Å². The van der Waals surface area contributed by atoms with E-state index in [1.54, 1.807) is 43.3 Å². The van der Waals surface area contributed by atoms with Crippen LogP contribution < -0.4 is 10.1 Å². The Bertz CT molecular complexity index is 1360. The van der Waals surface area contributed by atoms with E-state index in [0.29, 0.717) is 46.5 Å². The van der Waals surface area contributed by atoms with Crippen LogP contribution in [-0.2, 0) is 22.5 Å². The summed E-state index contributed by atoms with van der Waals surface area (Å²) in [7, 11) is 0. The average Bonchev–Trinajstić information content (AvgIpc) is 3.26. The number of hydrogen-bond donors (Lipinski definition) is 2. The van der Waals surface area contributed by atoms with Gasteiger partial charge in [-0.2, -0.15) is 0 Å². The number of carbonyl (C=O) groups excluding carboxylic acids is 1. The number of carbonyl (C=O) groups is 1. The molecular formula is C28H28ClN5O4. The number of aliphatic imine (C=N–C) groups is 1. The fourth-order valence-electron chi connectivity index (χ4n) is 4.22. The van der Waals surface area contributed by atoms with E-state index in [1.807, 2.05) is 36.4 Å². The first-order chi connectivity index (χ1) is 18.4. The second kappa shape index (κ2) is 12.5. The van der Waals surface area contributed by atoms with Gasteiger partial charge in [0, 0.05) is 47.2 Å². The minimum Gasteiger partial charge on any atom is -0.494 e. The molecule has 10 heteroatoms. The molecule has 1 amide bonds. The predicted molar refractivity (Wildman–Crippen MR) is 146 cm³/mol. The van der Waals surface area contributed by atoms with Crippen molar-refractivity contribution in [2.75, 3.05) is 13.2 Å². The minimum absolute atomic E-state index is 0.0604. The topological polar surface area (TPSA) is 129 Å². The molecule has 0 unspecified atom stereocenters. The molecule has 0 saturated carbocycles. The van der Waals surface area contributed by atoms with Gasteiger partial charge in [-0.05, 0) is 60.0 Å². The molecular weight excluding hydrogens is 506 g/mol. The fraction of sp³-hybridized carbons (Fsp3) is 0.286. The highest BCUT2D eigenvalue weighted by Crippen LogP contribution is 2.35. The lowest BCUT2D eigenvalue weighted by atomic mass is 9.85. The second-order valence-corrected chi connectivity index (χ2v) is 9.30. The number of benzene rings is 3. The third-order valence-corrected chi connectivity index (χ3v) is 6.51. The van der Waals surface area contributed by atoms with Crippen molar-refractivity contribution in [3.63, 3.8) is 0 Å². The van der Waals surface area contributed by atoms with Crippen LogP contribution in [0, 0.1) is 0 Å². The summed E-state index contributed by atoms with van der Waals surface area (Å²) in [5, 5.41) is 16.3. The minimum atomic E-state index is -1.31. The molecule has 0 bridgehead atoms. The zero-order valence-corrected chi connectivity index (χ0v) is 21.6. The Hall–Kier alpha value is -4.04. The molecule has 3 aromatic rings. The van der Waals surface area contributed by atoms with Gasteiger partial charge in [0.15, 0.2) is 5.54 Å². The Balaban J connectivity index is 1.66. The summed E-state index contributed by atoms with van der Waals surface area (Å²) >= 11 is 6.11. The molecule has 38 heavy (non-hydrogen) atoms. The van der Waals surface area contributed by atoms with Crippen LogP contribution in [0.25, 0.3) is 10.4 Å². The Labute approximate surface area is 225 Å². The van der Waals surface area contributed by atoms with Crippen molar-refractivity contribution in [2.24, 2.45) is 10.1 Å². The van der Waals surface area contributed by atoms with E-state index in [1.165, 1.54) is 0 Å². The maximum Gasteiger partial charge on any atom is 0.252 e. The number of rotatable bonds is 11. The summed E-state index contributed by atoms with van der Waals surface area (Å²) < 4.78 is 11.8. The standard InChI is InChI=1S/C28H28ClN5O4/c1-19-28(17-22-7-2-3-9-25(22)33-34-30,27(36)31-18-20-6-4-8-23(29)16-20)32-26(38-19)21-10-12-24(13-11-21)37-15-5-14-35/h2-4,6-13,16,19,35H,5,14-15,17-18H2,1H3,(H,31,36)/t19-,28-/m1/s1. The number of halogens is 1. The van der Waals surface area contributed by atoms with Gasteiger partial charge in [-0.25, -0.2) is 4.99 Å². The largest absolute Gasteiger partial charge is 0.494 e. The molecule has 1 heterocycles. The van der Waals surface area contributed by atoms with Gasteiger partial charge < -0.3 is 19.9 Å². The van der Waals surface area contributed by atoms with Crippen molar-refractivity contribution in [3.8, 4) is 5.75 Å². The van der Waals surface area contributed by atoms with E-state index in [2.05, 4.69) is 15.3 Å². The first-order valence-electron chi connectivity index (χ1n) is 12.2.